The van der Waals surface area contributed by atoms with E-state index >= 15 is 0 Å². The average molecular weight is 162 g/mol. The third kappa shape index (κ3) is 0.547. The van der Waals surface area contributed by atoms with Gasteiger partial charge >= 0.3 is 0 Å². The summed E-state index contributed by atoms with van der Waals surface area (Å²) in [4.78, 5) is 11.1. The van der Waals surface area contributed by atoms with E-state index in [4.69, 9.17) is 5.84 Å². The third-order valence-corrected chi connectivity index (χ3v) is 3.18. The Balaban J connectivity index is 2.11. The summed E-state index contributed by atoms with van der Waals surface area (Å²) in [5.74, 6) is 6.48. The number of allylic oxidation sites excluding steroid dienone is 3. The highest BCUT2D eigenvalue weighted by molar-refractivity contribution is 6.01. The topological polar surface area (TPSA) is 46.3 Å². The second-order valence-electron chi connectivity index (χ2n) is 3.86. The minimum absolute atomic E-state index is 0.0682. The van der Waals surface area contributed by atoms with Crippen molar-refractivity contribution in [3.8, 4) is 0 Å². The summed E-state index contributed by atoms with van der Waals surface area (Å²) < 4.78 is 0. The summed E-state index contributed by atoms with van der Waals surface area (Å²) in [6.45, 7) is 0.906. The molecule has 3 nitrogen and oxygen atoms in total. The molecular formula is C9H10N2O. The van der Waals surface area contributed by atoms with Crippen molar-refractivity contribution < 1.29 is 4.79 Å². The maximum Gasteiger partial charge on any atom is 0.180 e. The first-order chi connectivity index (χ1) is 5.72. The number of nitrogens with zero attached hydrogens (tertiary/aromatic N) is 1. The van der Waals surface area contributed by atoms with Crippen LogP contribution in [0.15, 0.2) is 23.9 Å². The van der Waals surface area contributed by atoms with Crippen molar-refractivity contribution in [2.45, 2.75) is 6.42 Å². The number of ketones is 1. The highest BCUT2D eigenvalue weighted by Crippen LogP contribution is 2.64. The molecule has 1 saturated carbocycles. The quantitative estimate of drug-likeness (QED) is 0.518. The summed E-state index contributed by atoms with van der Waals surface area (Å²) in [6.07, 6.45) is 6.55. The Bertz CT molecular complexity index is 331. The fourth-order valence-electron chi connectivity index (χ4n) is 2.41. The zero-order chi connectivity index (χ0) is 8.34. The Morgan fingerprint density at radius 1 is 1.67 bits per heavy atom. The van der Waals surface area contributed by atoms with Crippen LogP contribution in [0.4, 0.5) is 0 Å². The molecule has 1 aliphatic heterocycles. The van der Waals surface area contributed by atoms with E-state index in [1.807, 2.05) is 6.08 Å². The second-order valence-corrected chi connectivity index (χ2v) is 3.86. The molecule has 1 saturated heterocycles. The van der Waals surface area contributed by atoms with E-state index in [9.17, 15) is 4.79 Å². The first-order valence-corrected chi connectivity index (χ1v) is 4.20. The van der Waals surface area contributed by atoms with Gasteiger partial charge in [-0.2, -0.15) is 0 Å². The van der Waals surface area contributed by atoms with Crippen molar-refractivity contribution in [1.82, 2.24) is 5.01 Å². The zero-order valence-corrected chi connectivity index (χ0v) is 6.66. The molecule has 62 valence electrons. The lowest BCUT2D eigenvalue weighted by molar-refractivity contribution is -0.110. The predicted molar refractivity (Wildman–Crippen MR) is 43.7 cm³/mol. The number of nitrogens with two attached hydrogens (primary N) is 1. The van der Waals surface area contributed by atoms with Crippen molar-refractivity contribution in [2.24, 2.45) is 17.2 Å². The lowest BCUT2D eigenvalue weighted by atomic mass is 9.95. The lowest BCUT2D eigenvalue weighted by Crippen LogP contribution is -2.30. The molecule has 0 aromatic heterocycles. The number of carbonyl (C=O) groups is 1. The molecule has 2 atom stereocenters. The molecule has 0 aromatic carbocycles. The van der Waals surface area contributed by atoms with Gasteiger partial charge in [0.2, 0.25) is 0 Å². The van der Waals surface area contributed by atoms with Crippen molar-refractivity contribution in [3.63, 3.8) is 0 Å². The first kappa shape index (κ1) is 6.43. The molecule has 2 unspecified atom stereocenters. The van der Waals surface area contributed by atoms with Gasteiger partial charge in [0, 0.05) is 23.7 Å². The normalized spacial score (nSPS) is 42.4. The highest BCUT2D eigenvalue weighted by atomic mass is 16.1. The summed E-state index contributed by atoms with van der Waals surface area (Å²) in [6, 6.07) is 0. The SMILES string of the molecule is NN1CC2CC23C=CC(=O)C=C13. The molecule has 2 aliphatic carbocycles. The average Bonchev–Trinajstić information content (AvgIpc) is 2.64. The van der Waals surface area contributed by atoms with Gasteiger partial charge in [0.05, 0.1) is 0 Å². The molecule has 3 aliphatic rings. The van der Waals surface area contributed by atoms with E-state index in [0.29, 0.717) is 5.92 Å². The van der Waals surface area contributed by atoms with Crippen molar-refractivity contribution in [1.29, 1.82) is 0 Å². The van der Waals surface area contributed by atoms with Crippen LogP contribution in [0.2, 0.25) is 0 Å². The number of hydrazine groups is 1. The van der Waals surface area contributed by atoms with Crippen molar-refractivity contribution >= 4 is 5.78 Å². The Hall–Kier alpha value is -1.09. The largest absolute Gasteiger partial charge is 0.314 e. The summed E-state index contributed by atoms with van der Waals surface area (Å²) in [7, 11) is 0. The van der Waals surface area contributed by atoms with E-state index in [1.165, 1.54) is 6.42 Å². The minimum atomic E-state index is 0.0682. The lowest BCUT2D eigenvalue weighted by Gasteiger charge is -2.21. The fraction of sp³-hybridized carbons (Fsp3) is 0.444. The van der Waals surface area contributed by atoms with Gasteiger partial charge in [-0.3, -0.25) is 4.79 Å². The molecule has 3 heteroatoms. The molecule has 12 heavy (non-hydrogen) atoms. The standard InChI is InChI=1S/C9H10N2O/c10-11-5-6-4-9(6)2-1-7(12)3-8(9)11/h1-3,6H,4-5,10H2. The molecule has 1 heterocycles. The van der Waals surface area contributed by atoms with E-state index in [1.54, 1.807) is 17.2 Å². The molecule has 0 radical (unpaired) electrons. The Morgan fingerprint density at radius 2 is 2.50 bits per heavy atom. The van der Waals surface area contributed by atoms with Crippen LogP contribution in [-0.4, -0.2) is 17.3 Å². The van der Waals surface area contributed by atoms with Crippen LogP contribution in [0.5, 0.6) is 0 Å². The van der Waals surface area contributed by atoms with Crippen LogP contribution in [-0.2, 0) is 4.79 Å². The maximum absolute atomic E-state index is 11.1. The van der Waals surface area contributed by atoms with Crippen LogP contribution in [0.3, 0.4) is 0 Å². The number of hydrogen-bond donors (Lipinski definition) is 1. The monoisotopic (exact) mass is 162 g/mol. The zero-order valence-electron chi connectivity index (χ0n) is 6.66. The molecule has 1 spiro atoms. The van der Waals surface area contributed by atoms with Crippen molar-refractivity contribution in [2.75, 3.05) is 6.54 Å². The maximum atomic E-state index is 11.1. The van der Waals surface area contributed by atoms with Crippen LogP contribution < -0.4 is 5.84 Å². The summed E-state index contributed by atoms with van der Waals surface area (Å²) in [5.41, 5.74) is 1.20. The van der Waals surface area contributed by atoms with Gasteiger partial charge in [-0.25, -0.2) is 5.84 Å². The van der Waals surface area contributed by atoms with E-state index in [0.717, 1.165) is 12.2 Å². The Morgan fingerprint density at radius 3 is 3.33 bits per heavy atom. The van der Waals surface area contributed by atoms with Gasteiger partial charge in [0.1, 0.15) is 0 Å². The van der Waals surface area contributed by atoms with Gasteiger partial charge in [-0.05, 0) is 18.4 Å². The first-order valence-electron chi connectivity index (χ1n) is 4.20. The van der Waals surface area contributed by atoms with Crippen LogP contribution in [0.1, 0.15) is 6.42 Å². The molecule has 0 amide bonds. The Labute approximate surface area is 70.5 Å². The van der Waals surface area contributed by atoms with Gasteiger partial charge in [0.25, 0.3) is 0 Å². The minimum Gasteiger partial charge on any atom is -0.314 e. The van der Waals surface area contributed by atoms with Gasteiger partial charge < -0.3 is 5.01 Å². The summed E-state index contributed by atoms with van der Waals surface area (Å²) in [5, 5.41) is 1.72. The van der Waals surface area contributed by atoms with Crippen LogP contribution in [0.25, 0.3) is 0 Å². The van der Waals surface area contributed by atoms with Crippen LogP contribution in [0, 0.1) is 11.3 Å². The van der Waals surface area contributed by atoms with Gasteiger partial charge in [-0.1, -0.05) is 6.08 Å². The second kappa shape index (κ2) is 1.64. The van der Waals surface area contributed by atoms with Gasteiger partial charge in [0.15, 0.2) is 5.78 Å². The smallest absolute Gasteiger partial charge is 0.180 e. The molecule has 2 fully saturated rings. The highest BCUT2D eigenvalue weighted by Gasteiger charge is 2.62. The summed E-state index contributed by atoms with van der Waals surface area (Å²) >= 11 is 0. The third-order valence-electron chi connectivity index (χ3n) is 3.18. The number of hydrogen-bond acceptors (Lipinski definition) is 3. The van der Waals surface area contributed by atoms with Gasteiger partial charge in [-0.15, -0.1) is 0 Å². The van der Waals surface area contributed by atoms with Crippen LogP contribution >= 0.6 is 0 Å². The fourth-order valence-corrected chi connectivity index (χ4v) is 2.41. The molecular weight excluding hydrogens is 152 g/mol. The van der Waals surface area contributed by atoms with E-state index < -0.39 is 0 Å². The molecule has 2 N–H and O–H groups in total. The van der Waals surface area contributed by atoms with E-state index in [-0.39, 0.29) is 11.2 Å². The molecule has 0 bridgehead atoms. The number of piperidine rings is 1. The molecule has 0 aromatic rings. The number of rotatable bonds is 0. The molecule has 3 rings (SSSR count). The Kier molecular flexibility index (Phi) is 0.878. The van der Waals surface area contributed by atoms with E-state index in [2.05, 4.69) is 0 Å². The predicted octanol–water partition coefficient (Wildman–Crippen LogP) is 0.205. The van der Waals surface area contributed by atoms with Crippen molar-refractivity contribution in [3.05, 3.63) is 23.9 Å². The number of carbonyl (C=O) groups excluding carboxylic acids is 1.